The number of hydrogen-bond acceptors (Lipinski definition) is 5. The van der Waals surface area contributed by atoms with Crippen LogP contribution >= 0.6 is 0 Å². The van der Waals surface area contributed by atoms with Crippen LogP contribution in [-0.2, 0) is 25.5 Å². The highest BCUT2D eigenvalue weighted by molar-refractivity contribution is 5.72. The summed E-state index contributed by atoms with van der Waals surface area (Å²) in [6, 6.07) is 7.01. The second-order valence-electron chi connectivity index (χ2n) is 6.45. The second-order valence-corrected chi connectivity index (χ2v) is 6.45. The number of carboxylic acid groups (broad SMARTS) is 2. The van der Waals surface area contributed by atoms with Crippen molar-refractivity contribution >= 4 is 11.9 Å². The van der Waals surface area contributed by atoms with Crippen molar-refractivity contribution in [3.8, 4) is 5.75 Å². The Labute approximate surface area is 160 Å². The van der Waals surface area contributed by atoms with Crippen LogP contribution in [0.3, 0.4) is 0 Å². The summed E-state index contributed by atoms with van der Waals surface area (Å²) in [6.45, 7) is 1.03. The highest BCUT2D eigenvalue weighted by atomic mass is 16.5. The Morgan fingerprint density at radius 2 is 1.67 bits per heavy atom. The highest BCUT2D eigenvalue weighted by Gasteiger charge is 2.28. The van der Waals surface area contributed by atoms with Crippen LogP contribution in [0.4, 0.5) is 0 Å². The van der Waals surface area contributed by atoms with Crippen LogP contribution in [-0.4, -0.2) is 55.7 Å². The summed E-state index contributed by atoms with van der Waals surface area (Å²) in [5.41, 5.74) is 0.765. The van der Waals surface area contributed by atoms with Crippen molar-refractivity contribution in [2.24, 2.45) is 5.92 Å². The molecule has 2 N–H and O–H groups in total. The Kier molecular flexibility index (Phi) is 11.1. The SMILES string of the molecule is COC(C(=O)O)C1CCCCC1.COCCOc1ccc(CC(=O)O)cc1. The number of ether oxygens (including phenoxy) is 3. The molecule has 0 saturated heterocycles. The predicted octanol–water partition coefficient (Wildman–Crippen LogP) is 3.01. The standard InChI is InChI=1S/C11H14O4.C9H16O3/c1-14-6-7-15-10-4-2-9(3-5-10)8-11(12)13;1-12-8(9(10)11)7-5-3-2-4-6-7/h2-5H,6-8H2,1H3,(H,12,13);7-8H,2-6H2,1H3,(H,10,11). The van der Waals surface area contributed by atoms with Crippen LogP contribution in [0.5, 0.6) is 5.75 Å². The third kappa shape index (κ3) is 9.40. The topological polar surface area (TPSA) is 102 Å². The fraction of sp³-hybridized carbons (Fsp3) is 0.600. The van der Waals surface area contributed by atoms with E-state index in [1.807, 2.05) is 0 Å². The Bertz CT molecular complexity index is 550. The van der Waals surface area contributed by atoms with Crippen LogP contribution in [0, 0.1) is 5.92 Å². The zero-order valence-electron chi connectivity index (χ0n) is 16.1. The average Bonchev–Trinajstić information content (AvgIpc) is 2.65. The van der Waals surface area contributed by atoms with Crippen LogP contribution < -0.4 is 4.74 Å². The van der Waals surface area contributed by atoms with Gasteiger partial charge in [-0.3, -0.25) is 4.79 Å². The van der Waals surface area contributed by atoms with Crippen LogP contribution in [0.25, 0.3) is 0 Å². The summed E-state index contributed by atoms with van der Waals surface area (Å²) >= 11 is 0. The van der Waals surface area contributed by atoms with Crippen molar-refractivity contribution in [1.29, 1.82) is 0 Å². The smallest absolute Gasteiger partial charge is 0.333 e. The van der Waals surface area contributed by atoms with Crippen molar-refractivity contribution in [3.05, 3.63) is 29.8 Å². The molecule has 1 saturated carbocycles. The van der Waals surface area contributed by atoms with Gasteiger partial charge in [-0.25, -0.2) is 4.79 Å². The summed E-state index contributed by atoms with van der Waals surface area (Å²) in [5, 5.41) is 17.4. The summed E-state index contributed by atoms with van der Waals surface area (Å²) < 4.78 is 15.1. The summed E-state index contributed by atoms with van der Waals surface area (Å²) in [5.74, 6) is -0.685. The summed E-state index contributed by atoms with van der Waals surface area (Å²) in [4.78, 5) is 21.1. The van der Waals surface area contributed by atoms with Gasteiger partial charge in [0.1, 0.15) is 12.4 Å². The molecule has 0 aliphatic heterocycles. The first-order valence-corrected chi connectivity index (χ1v) is 9.16. The van der Waals surface area contributed by atoms with Gasteiger partial charge in [-0.15, -0.1) is 0 Å². The summed E-state index contributed by atoms with van der Waals surface area (Å²) in [6.07, 6.45) is 5.01. The molecule has 0 amide bonds. The van der Waals surface area contributed by atoms with E-state index in [1.165, 1.54) is 13.5 Å². The molecule has 1 aromatic carbocycles. The van der Waals surface area contributed by atoms with E-state index in [0.717, 1.165) is 37.0 Å². The fourth-order valence-corrected chi connectivity index (χ4v) is 3.05. The van der Waals surface area contributed by atoms with E-state index < -0.39 is 18.0 Å². The van der Waals surface area contributed by atoms with Crippen molar-refractivity contribution in [2.45, 2.75) is 44.6 Å². The molecule has 0 radical (unpaired) electrons. The maximum Gasteiger partial charge on any atom is 0.333 e. The van der Waals surface area contributed by atoms with Gasteiger partial charge in [0.05, 0.1) is 13.0 Å². The first kappa shape index (κ1) is 22.9. The Hall–Kier alpha value is -2.12. The number of rotatable bonds is 9. The van der Waals surface area contributed by atoms with Gasteiger partial charge >= 0.3 is 11.9 Å². The molecule has 7 heteroatoms. The lowest BCUT2D eigenvalue weighted by molar-refractivity contribution is -0.152. The lowest BCUT2D eigenvalue weighted by atomic mass is 9.85. The monoisotopic (exact) mass is 382 g/mol. The molecular formula is C20H30O7. The number of hydrogen-bond donors (Lipinski definition) is 2. The number of methoxy groups -OCH3 is 2. The first-order valence-electron chi connectivity index (χ1n) is 9.16. The highest BCUT2D eigenvalue weighted by Crippen LogP contribution is 2.27. The second kappa shape index (κ2) is 13.1. The number of carbonyl (C=O) groups is 2. The molecule has 1 aliphatic carbocycles. The van der Waals surface area contributed by atoms with E-state index in [4.69, 9.17) is 24.4 Å². The Morgan fingerprint density at radius 1 is 1.04 bits per heavy atom. The molecule has 0 aromatic heterocycles. The molecule has 1 aromatic rings. The molecule has 2 rings (SSSR count). The molecule has 0 heterocycles. The lowest BCUT2D eigenvalue weighted by Crippen LogP contribution is -2.32. The quantitative estimate of drug-likeness (QED) is 0.633. The molecular weight excluding hydrogens is 352 g/mol. The van der Waals surface area contributed by atoms with Crippen molar-refractivity contribution in [2.75, 3.05) is 27.4 Å². The van der Waals surface area contributed by atoms with E-state index in [1.54, 1.807) is 31.4 Å². The predicted molar refractivity (Wildman–Crippen MR) is 100 cm³/mol. The number of benzene rings is 1. The summed E-state index contributed by atoms with van der Waals surface area (Å²) in [7, 11) is 3.09. The lowest BCUT2D eigenvalue weighted by Gasteiger charge is -2.26. The minimum absolute atomic E-state index is 0.0400. The minimum atomic E-state index is -0.831. The molecule has 27 heavy (non-hydrogen) atoms. The van der Waals surface area contributed by atoms with Gasteiger partial charge in [0.25, 0.3) is 0 Å². The first-order chi connectivity index (χ1) is 13.0. The van der Waals surface area contributed by atoms with Crippen molar-refractivity contribution in [1.82, 2.24) is 0 Å². The van der Waals surface area contributed by atoms with Gasteiger partial charge in [-0.2, -0.15) is 0 Å². The zero-order valence-corrected chi connectivity index (χ0v) is 16.1. The van der Waals surface area contributed by atoms with Gasteiger partial charge in [-0.05, 0) is 36.5 Å². The van der Waals surface area contributed by atoms with Crippen LogP contribution in [0.1, 0.15) is 37.7 Å². The van der Waals surface area contributed by atoms with Crippen molar-refractivity contribution < 1.29 is 34.0 Å². The normalized spacial score (nSPS) is 15.3. The Balaban J connectivity index is 0.000000277. The third-order valence-electron chi connectivity index (χ3n) is 4.41. The average molecular weight is 382 g/mol. The largest absolute Gasteiger partial charge is 0.491 e. The Morgan fingerprint density at radius 3 is 2.15 bits per heavy atom. The van der Waals surface area contributed by atoms with E-state index in [9.17, 15) is 9.59 Å². The maximum absolute atomic E-state index is 10.7. The molecule has 1 atom stereocenters. The molecule has 0 bridgehead atoms. The zero-order chi connectivity index (χ0) is 20.1. The minimum Gasteiger partial charge on any atom is -0.491 e. The van der Waals surface area contributed by atoms with Gasteiger partial charge in [-0.1, -0.05) is 31.4 Å². The molecule has 0 spiro atoms. The van der Waals surface area contributed by atoms with Gasteiger partial charge in [0.15, 0.2) is 6.10 Å². The fourth-order valence-electron chi connectivity index (χ4n) is 3.05. The maximum atomic E-state index is 10.7. The number of aliphatic carboxylic acids is 2. The van der Waals surface area contributed by atoms with Gasteiger partial charge in [0.2, 0.25) is 0 Å². The molecule has 1 unspecified atom stereocenters. The van der Waals surface area contributed by atoms with E-state index in [0.29, 0.717) is 13.2 Å². The number of carboxylic acids is 2. The van der Waals surface area contributed by atoms with E-state index in [-0.39, 0.29) is 12.3 Å². The van der Waals surface area contributed by atoms with Gasteiger partial charge < -0.3 is 24.4 Å². The van der Waals surface area contributed by atoms with Crippen LogP contribution in [0.2, 0.25) is 0 Å². The third-order valence-corrected chi connectivity index (χ3v) is 4.41. The van der Waals surface area contributed by atoms with E-state index >= 15 is 0 Å². The molecule has 1 aliphatic rings. The van der Waals surface area contributed by atoms with E-state index in [2.05, 4.69) is 0 Å². The molecule has 152 valence electrons. The van der Waals surface area contributed by atoms with Gasteiger partial charge in [0, 0.05) is 14.2 Å². The van der Waals surface area contributed by atoms with Crippen LogP contribution in [0.15, 0.2) is 24.3 Å². The van der Waals surface area contributed by atoms with Crippen molar-refractivity contribution in [3.63, 3.8) is 0 Å². The molecule has 7 nitrogen and oxygen atoms in total. The molecule has 1 fully saturated rings.